The van der Waals surface area contributed by atoms with E-state index in [0.717, 1.165) is 11.8 Å². The van der Waals surface area contributed by atoms with E-state index < -0.39 is 9.84 Å². The molecule has 1 N–H and O–H groups in total. The third-order valence-corrected chi connectivity index (χ3v) is 7.55. The molecule has 0 radical (unpaired) electrons. The Morgan fingerprint density at radius 1 is 1.43 bits per heavy atom. The molecule has 28 heavy (non-hydrogen) atoms. The normalized spacial score (nSPS) is 22.8. The first-order valence-electron chi connectivity index (χ1n) is 8.74. The summed E-state index contributed by atoms with van der Waals surface area (Å²) in [5, 5.41) is 2.72. The minimum Gasteiger partial charge on any atom is -0.352 e. The molecule has 6 nitrogen and oxygen atoms in total. The number of thioether (sulfide) groups is 1. The fraction of sp³-hybridized carbons (Fsp3) is 0.389. The van der Waals surface area contributed by atoms with Gasteiger partial charge in [0.2, 0.25) is 5.91 Å². The van der Waals surface area contributed by atoms with Crippen LogP contribution >= 0.6 is 24.0 Å². The molecule has 150 valence electrons. The van der Waals surface area contributed by atoms with Crippen molar-refractivity contribution in [2.24, 2.45) is 0 Å². The number of hydrogen-bond donors (Lipinski definition) is 1. The van der Waals surface area contributed by atoms with Crippen LogP contribution in [-0.2, 0) is 19.4 Å². The molecular formula is C18H19FN2O4S3. The molecule has 0 spiro atoms. The smallest absolute Gasteiger partial charge is 0.266 e. The third kappa shape index (κ3) is 5.39. The molecule has 0 aromatic heterocycles. The van der Waals surface area contributed by atoms with E-state index in [-0.39, 0.29) is 41.6 Å². The van der Waals surface area contributed by atoms with E-state index in [0.29, 0.717) is 34.2 Å². The molecule has 0 saturated carbocycles. The predicted molar refractivity (Wildman–Crippen MR) is 111 cm³/mol. The lowest BCUT2D eigenvalue weighted by Gasteiger charge is -2.15. The summed E-state index contributed by atoms with van der Waals surface area (Å²) < 4.78 is 36.5. The zero-order chi connectivity index (χ0) is 20.3. The Kier molecular flexibility index (Phi) is 6.51. The van der Waals surface area contributed by atoms with E-state index >= 15 is 0 Å². The molecule has 0 bridgehead atoms. The van der Waals surface area contributed by atoms with Crippen molar-refractivity contribution in [2.75, 3.05) is 18.1 Å². The highest BCUT2D eigenvalue weighted by Gasteiger charge is 2.32. The number of amides is 2. The highest BCUT2D eigenvalue weighted by atomic mass is 32.2. The molecule has 2 amide bonds. The van der Waals surface area contributed by atoms with Gasteiger partial charge in [-0.15, -0.1) is 0 Å². The average Bonchev–Trinajstić information content (AvgIpc) is 3.08. The summed E-state index contributed by atoms with van der Waals surface area (Å²) in [7, 11) is -3.04. The second-order valence-electron chi connectivity index (χ2n) is 6.66. The molecule has 1 aromatic carbocycles. The van der Waals surface area contributed by atoms with Gasteiger partial charge in [0.1, 0.15) is 10.1 Å². The molecule has 2 saturated heterocycles. The second-order valence-corrected chi connectivity index (χ2v) is 10.6. The first-order valence-corrected chi connectivity index (χ1v) is 11.8. The lowest BCUT2D eigenvalue weighted by Crippen LogP contribution is -2.36. The lowest BCUT2D eigenvalue weighted by atomic mass is 10.2. The van der Waals surface area contributed by atoms with Crippen LogP contribution in [0.25, 0.3) is 6.08 Å². The summed E-state index contributed by atoms with van der Waals surface area (Å²) >= 11 is 6.39. The van der Waals surface area contributed by atoms with E-state index in [2.05, 4.69) is 5.32 Å². The summed E-state index contributed by atoms with van der Waals surface area (Å²) in [6.07, 6.45) is 2.62. The van der Waals surface area contributed by atoms with Crippen molar-refractivity contribution < 1.29 is 22.4 Å². The Morgan fingerprint density at radius 3 is 2.89 bits per heavy atom. The summed E-state index contributed by atoms with van der Waals surface area (Å²) in [5.74, 6) is -0.792. The average molecular weight is 443 g/mol. The van der Waals surface area contributed by atoms with Gasteiger partial charge in [-0.2, -0.15) is 0 Å². The molecule has 2 aliphatic rings. The van der Waals surface area contributed by atoms with E-state index in [1.807, 2.05) is 0 Å². The topological polar surface area (TPSA) is 83.6 Å². The van der Waals surface area contributed by atoms with Gasteiger partial charge in [0.05, 0.1) is 16.4 Å². The Morgan fingerprint density at radius 2 is 2.21 bits per heavy atom. The van der Waals surface area contributed by atoms with E-state index in [4.69, 9.17) is 12.2 Å². The summed E-state index contributed by atoms with van der Waals surface area (Å²) in [4.78, 5) is 26.4. The van der Waals surface area contributed by atoms with Crippen molar-refractivity contribution in [2.45, 2.75) is 25.3 Å². The SMILES string of the molecule is O=C(CCCN1C(=O)/C(=C/c2cccc(F)c2)SC1=S)N[C@H]1CCS(=O)(=O)C1. The first kappa shape index (κ1) is 20.9. The molecule has 0 unspecified atom stereocenters. The van der Waals surface area contributed by atoms with E-state index in [9.17, 15) is 22.4 Å². The molecule has 1 atom stereocenters. The van der Waals surface area contributed by atoms with Crippen molar-refractivity contribution in [3.8, 4) is 0 Å². The van der Waals surface area contributed by atoms with Gasteiger partial charge in [0.25, 0.3) is 5.91 Å². The van der Waals surface area contributed by atoms with Gasteiger partial charge in [-0.1, -0.05) is 36.1 Å². The number of nitrogens with zero attached hydrogens (tertiary/aromatic N) is 1. The Hall–Kier alpha value is -1.78. The Bertz CT molecular complexity index is 946. The molecule has 2 heterocycles. The van der Waals surface area contributed by atoms with Gasteiger partial charge in [-0.05, 0) is 36.6 Å². The summed E-state index contributed by atoms with van der Waals surface area (Å²) in [6.45, 7) is 0.293. The van der Waals surface area contributed by atoms with Gasteiger partial charge in [0, 0.05) is 19.0 Å². The second kappa shape index (κ2) is 8.71. The number of sulfone groups is 1. The monoisotopic (exact) mass is 442 g/mol. The number of nitrogens with one attached hydrogen (secondary N) is 1. The zero-order valence-corrected chi connectivity index (χ0v) is 17.3. The Labute approximate surface area is 172 Å². The maximum Gasteiger partial charge on any atom is 0.266 e. The van der Waals surface area contributed by atoms with Gasteiger partial charge in [-0.25, -0.2) is 12.8 Å². The fourth-order valence-corrected chi connectivity index (χ4v) is 6.03. The maximum atomic E-state index is 13.3. The van der Waals surface area contributed by atoms with Crippen LogP contribution in [0.5, 0.6) is 0 Å². The maximum absolute atomic E-state index is 13.3. The van der Waals surface area contributed by atoms with Crippen LogP contribution in [0.1, 0.15) is 24.8 Å². The number of benzene rings is 1. The minimum atomic E-state index is -3.04. The lowest BCUT2D eigenvalue weighted by molar-refractivity contribution is -0.124. The van der Waals surface area contributed by atoms with Crippen LogP contribution < -0.4 is 5.32 Å². The summed E-state index contributed by atoms with van der Waals surface area (Å²) in [5.41, 5.74) is 0.575. The number of carbonyl (C=O) groups excluding carboxylic acids is 2. The molecular weight excluding hydrogens is 423 g/mol. The number of hydrogen-bond acceptors (Lipinski definition) is 6. The zero-order valence-electron chi connectivity index (χ0n) is 14.9. The van der Waals surface area contributed by atoms with E-state index in [1.54, 1.807) is 18.2 Å². The Balaban J connectivity index is 1.50. The predicted octanol–water partition coefficient (Wildman–Crippen LogP) is 2.11. The van der Waals surface area contributed by atoms with Crippen LogP contribution in [-0.4, -0.2) is 53.5 Å². The molecule has 2 aliphatic heterocycles. The fourth-order valence-electron chi connectivity index (χ4n) is 3.05. The number of rotatable bonds is 6. The highest BCUT2D eigenvalue weighted by Crippen LogP contribution is 2.32. The van der Waals surface area contributed by atoms with Crippen LogP contribution in [0, 0.1) is 5.82 Å². The number of thiocarbonyl (C=S) groups is 1. The first-order chi connectivity index (χ1) is 13.2. The van der Waals surface area contributed by atoms with Gasteiger partial charge in [0.15, 0.2) is 9.84 Å². The van der Waals surface area contributed by atoms with Gasteiger partial charge >= 0.3 is 0 Å². The number of halogens is 1. The van der Waals surface area contributed by atoms with Gasteiger partial charge in [-0.3, -0.25) is 14.5 Å². The quantitative estimate of drug-likeness (QED) is 0.537. The summed E-state index contributed by atoms with van der Waals surface area (Å²) in [6, 6.07) is 5.59. The van der Waals surface area contributed by atoms with Crippen molar-refractivity contribution in [3.05, 3.63) is 40.6 Å². The molecule has 10 heteroatoms. The van der Waals surface area contributed by atoms with Crippen LogP contribution in [0.3, 0.4) is 0 Å². The van der Waals surface area contributed by atoms with Crippen LogP contribution in [0.15, 0.2) is 29.2 Å². The van der Waals surface area contributed by atoms with Crippen molar-refractivity contribution in [3.63, 3.8) is 0 Å². The largest absolute Gasteiger partial charge is 0.352 e. The van der Waals surface area contributed by atoms with E-state index in [1.165, 1.54) is 17.0 Å². The third-order valence-electron chi connectivity index (χ3n) is 4.40. The number of carbonyl (C=O) groups is 2. The molecule has 3 rings (SSSR count). The molecule has 2 fully saturated rings. The van der Waals surface area contributed by atoms with Crippen LogP contribution in [0.4, 0.5) is 4.39 Å². The van der Waals surface area contributed by atoms with Crippen molar-refractivity contribution in [1.29, 1.82) is 0 Å². The minimum absolute atomic E-state index is 0.0156. The highest BCUT2D eigenvalue weighted by molar-refractivity contribution is 8.26. The molecule has 1 aromatic rings. The standard InChI is InChI=1S/C18H19FN2O4S3/c19-13-4-1-3-12(9-13)10-15-17(23)21(18(26)27-15)7-2-5-16(22)20-14-6-8-28(24,25)11-14/h1,3-4,9-10,14H,2,5-8,11H2,(H,20,22)/b15-10-/t14-/m0/s1. The van der Waals surface area contributed by atoms with Crippen molar-refractivity contribution in [1.82, 2.24) is 10.2 Å². The van der Waals surface area contributed by atoms with Crippen molar-refractivity contribution >= 4 is 56.0 Å². The molecule has 0 aliphatic carbocycles. The van der Waals surface area contributed by atoms with Gasteiger partial charge < -0.3 is 5.32 Å². The van der Waals surface area contributed by atoms with Crippen LogP contribution in [0.2, 0.25) is 0 Å².